The Morgan fingerprint density at radius 3 is 2.39 bits per heavy atom. The summed E-state index contributed by atoms with van der Waals surface area (Å²) in [5.41, 5.74) is 3.13. The molecule has 2 heterocycles. The summed E-state index contributed by atoms with van der Waals surface area (Å²) in [6.45, 7) is 0.115. The lowest BCUT2D eigenvalue weighted by molar-refractivity contribution is -0.138. The van der Waals surface area contributed by atoms with Crippen molar-refractivity contribution in [1.29, 1.82) is 0 Å². The average molecular weight is 311 g/mol. The minimum atomic E-state index is -0.991. The number of ether oxygens (including phenoxy) is 1. The van der Waals surface area contributed by atoms with Gasteiger partial charge in [0.15, 0.2) is 6.29 Å². The van der Waals surface area contributed by atoms with Gasteiger partial charge < -0.3 is 19.8 Å². The monoisotopic (exact) mass is 311 g/mol. The molecule has 23 heavy (non-hydrogen) atoms. The Kier molecular flexibility index (Phi) is 3.41. The largest absolute Gasteiger partial charge is 0.395 e. The van der Waals surface area contributed by atoms with Crippen molar-refractivity contribution < 1.29 is 19.7 Å². The first kappa shape index (κ1) is 14.4. The van der Waals surface area contributed by atoms with Crippen molar-refractivity contribution in [2.24, 2.45) is 0 Å². The van der Waals surface area contributed by atoms with Crippen LogP contribution in [0.4, 0.5) is 0 Å². The van der Waals surface area contributed by atoms with Crippen molar-refractivity contribution in [3.63, 3.8) is 0 Å². The van der Waals surface area contributed by atoms with Crippen molar-refractivity contribution >= 4 is 5.91 Å². The minimum absolute atomic E-state index is 0.109. The molecular weight excluding hydrogens is 294 g/mol. The van der Waals surface area contributed by atoms with Crippen LogP contribution in [0.5, 0.6) is 0 Å². The third kappa shape index (κ3) is 2.09. The van der Waals surface area contributed by atoms with E-state index in [1.54, 1.807) is 11.0 Å². The Morgan fingerprint density at radius 1 is 1.00 bits per heavy atom. The van der Waals surface area contributed by atoms with Crippen molar-refractivity contribution in [2.75, 3.05) is 13.2 Å². The third-order valence-electron chi connectivity index (χ3n) is 4.58. The molecule has 0 spiro atoms. The Hall–Kier alpha value is -2.21. The lowest BCUT2D eigenvalue weighted by atomic mass is 9.94. The zero-order valence-corrected chi connectivity index (χ0v) is 12.4. The summed E-state index contributed by atoms with van der Waals surface area (Å²) in [5.74, 6) is -0.109. The van der Waals surface area contributed by atoms with Gasteiger partial charge in [-0.2, -0.15) is 0 Å². The van der Waals surface area contributed by atoms with Crippen molar-refractivity contribution in [3.8, 4) is 0 Å². The maximum atomic E-state index is 12.6. The van der Waals surface area contributed by atoms with Crippen LogP contribution in [0.1, 0.15) is 45.5 Å². The zero-order valence-electron chi connectivity index (χ0n) is 12.4. The van der Waals surface area contributed by atoms with Crippen molar-refractivity contribution in [1.82, 2.24) is 4.90 Å². The lowest BCUT2D eigenvalue weighted by Gasteiger charge is -2.29. The average Bonchev–Trinajstić information content (AvgIpc) is 3.05. The van der Waals surface area contributed by atoms with E-state index in [2.05, 4.69) is 0 Å². The van der Waals surface area contributed by atoms with Gasteiger partial charge in [0.2, 0.25) is 0 Å². The van der Waals surface area contributed by atoms with Gasteiger partial charge in [0.1, 0.15) is 6.10 Å². The number of carbonyl (C=O) groups excluding carboxylic acids is 1. The second kappa shape index (κ2) is 5.45. The topological polar surface area (TPSA) is 70.0 Å². The van der Waals surface area contributed by atoms with E-state index in [0.29, 0.717) is 5.56 Å². The molecule has 2 aromatic rings. The van der Waals surface area contributed by atoms with Crippen LogP contribution in [0, 0.1) is 0 Å². The molecule has 118 valence electrons. The molecule has 5 nitrogen and oxygen atoms in total. The highest BCUT2D eigenvalue weighted by Gasteiger charge is 2.45. The van der Waals surface area contributed by atoms with Gasteiger partial charge in [-0.15, -0.1) is 0 Å². The van der Waals surface area contributed by atoms with E-state index in [-0.39, 0.29) is 25.1 Å². The summed E-state index contributed by atoms with van der Waals surface area (Å²) in [7, 11) is 0. The van der Waals surface area contributed by atoms with Crippen LogP contribution in [-0.4, -0.2) is 34.2 Å². The van der Waals surface area contributed by atoms with Gasteiger partial charge in [-0.1, -0.05) is 42.5 Å². The van der Waals surface area contributed by atoms with E-state index < -0.39 is 12.4 Å². The number of fused-ring (bicyclic) bond motifs is 2. The number of rotatable bonds is 3. The van der Waals surface area contributed by atoms with Crippen LogP contribution in [0.25, 0.3) is 0 Å². The number of nitrogens with zero attached hydrogens (tertiary/aromatic N) is 1. The second-order valence-corrected chi connectivity index (χ2v) is 5.79. The van der Waals surface area contributed by atoms with E-state index in [4.69, 9.17) is 4.74 Å². The molecule has 0 bridgehead atoms. The maximum Gasteiger partial charge on any atom is 0.254 e. The molecule has 1 amide bonds. The molecule has 0 saturated heterocycles. The molecule has 4 rings (SSSR count). The summed E-state index contributed by atoms with van der Waals surface area (Å²) >= 11 is 0. The van der Waals surface area contributed by atoms with Gasteiger partial charge >= 0.3 is 0 Å². The van der Waals surface area contributed by atoms with E-state index in [0.717, 1.165) is 16.7 Å². The van der Waals surface area contributed by atoms with Crippen LogP contribution in [0.2, 0.25) is 0 Å². The number of carbonyl (C=O) groups is 1. The highest BCUT2D eigenvalue weighted by Crippen LogP contribution is 2.49. The smallest absolute Gasteiger partial charge is 0.254 e. The number of β-amino-alcohol motifs (C(OH)–C–C–N with tert-alkyl or cyclic N) is 1. The molecule has 0 fully saturated rings. The lowest BCUT2D eigenvalue weighted by Crippen LogP contribution is -2.34. The minimum Gasteiger partial charge on any atom is -0.395 e. The molecule has 2 aromatic carbocycles. The van der Waals surface area contributed by atoms with Crippen LogP contribution >= 0.6 is 0 Å². The Labute approximate surface area is 133 Å². The van der Waals surface area contributed by atoms with E-state index in [9.17, 15) is 15.0 Å². The molecule has 0 unspecified atom stereocenters. The van der Waals surface area contributed by atoms with Gasteiger partial charge in [0.05, 0.1) is 12.6 Å². The van der Waals surface area contributed by atoms with E-state index in [1.165, 1.54) is 0 Å². The van der Waals surface area contributed by atoms with Crippen molar-refractivity contribution in [3.05, 3.63) is 70.8 Å². The first-order valence-corrected chi connectivity index (χ1v) is 7.65. The first-order valence-electron chi connectivity index (χ1n) is 7.65. The molecule has 3 atom stereocenters. The summed E-state index contributed by atoms with van der Waals surface area (Å²) in [4.78, 5) is 14.3. The molecule has 0 saturated carbocycles. The number of benzene rings is 2. The first-order chi connectivity index (χ1) is 11.2. The fraction of sp³-hybridized carbons (Fsp3) is 0.278. The van der Waals surface area contributed by atoms with Gasteiger partial charge in [-0.3, -0.25) is 4.79 Å². The fourth-order valence-electron chi connectivity index (χ4n) is 3.60. The third-order valence-corrected chi connectivity index (χ3v) is 4.58. The van der Waals surface area contributed by atoms with Crippen LogP contribution in [0.15, 0.2) is 48.5 Å². The van der Waals surface area contributed by atoms with E-state index >= 15 is 0 Å². The molecule has 0 aromatic heterocycles. The Bertz CT molecular complexity index is 760. The fourth-order valence-corrected chi connectivity index (χ4v) is 3.60. The van der Waals surface area contributed by atoms with Crippen molar-refractivity contribution in [2.45, 2.75) is 18.4 Å². The summed E-state index contributed by atoms with van der Waals surface area (Å²) in [6, 6.07) is 14.6. The summed E-state index contributed by atoms with van der Waals surface area (Å²) < 4.78 is 5.78. The predicted octanol–water partition coefficient (Wildman–Crippen LogP) is 1.94. The number of hydrogen-bond acceptors (Lipinski definition) is 4. The molecule has 5 heteroatoms. The summed E-state index contributed by atoms with van der Waals surface area (Å²) in [5, 5.41) is 19.5. The van der Waals surface area contributed by atoms with Crippen LogP contribution in [0.3, 0.4) is 0 Å². The normalized spacial score (nSPS) is 25.6. The van der Waals surface area contributed by atoms with Crippen LogP contribution < -0.4 is 0 Å². The maximum absolute atomic E-state index is 12.6. The molecule has 2 aliphatic heterocycles. The van der Waals surface area contributed by atoms with Crippen LogP contribution in [-0.2, 0) is 4.74 Å². The number of amides is 1. The SMILES string of the molecule is O=C1c2ccccc2[C@H]([C@H]2O[C@H](O)c3ccccc32)N1CCO. The molecule has 2 N–H and O–H groups in total. The summed E-state index contributed by atoms with van der Waals surface area (Å²) in [6.07, 6.45) is -1.43. The molecular formula is C18H17NO4. The molecule has 0 radical (unpaired) electrons. The van der Waals surface area contributed by atoms with Gasteiger partial charge in [-0.05, 0) is 17.2 Å². The highest BCUT2D eigenvalue weighted by atomic mass is 16.6. The predicted molar refractivity (Wildman–Crippen MR) is 82.5 cm³/mol. The number of hydrogen-bond donors (Lipinski definition) is 2. The van der Waals surface area contributed by atoms with Gasteiger partial charge in [0, 0.05) is 17.7 Å². The Balaban J connectivity index is 1.82. The highest BCUT2D eigenvalue weighted by molar-refractivity contribution is 5.99. The van der Waals surface area contributed by atoms with Gasteiger partial charge in [-0.25, -0.2) is 0 Å². The second-order valence-electron chi connectivity index (χ2n) is 5.79. The molecule has 2 aliphatic rings. The quantitative estimate of drug-likeness (QED) is 0.909. The van der Waals surface area contributed by atoms with E-state index in [1.807, 2.05) is 42.5 Å². The standard InChI is InChI=1S/C18H17NO4/c20-10-9-19-15(11-5-1-3-7-13(11)17(19)21)16-12-6-2-4-8-14(12)18(22)23-16/h1-8,15-16,18,20,22H,9-10H2/t15-,16+,18+/m1/s1. The molecule has 0 aliphatic carbocycles. The van der Waals surface area contributed by atoms with Gasteiger partial charge in [0.25, 0.3) is 5.91 Å². The number of aliphatic hydroxyl groups excluding tert-OH is 2. The zero-order chi connectivity index (χ0) is 16.0. The Morgan fingerprint density at radius 2 is 1.65 bits per heavy atom. The number of aliphatic hydroxyl groups is 2.